The lowest BCUT2D eigenvalue weighted by Crippen LogP contribution is -2.40. The zero-order chi connectivity index (χ0) is 24.1. The van der Waals surface area contributed by atoms with Gasteiger partial charge in [-0.2, -0.15) is 0 Å². The molecule has 1 unspecified atom stereocenters. The molecule has 1 saturated heterocycles. The Bertz CT molecular complexity index is 1060. The minimum atomic E-state index is -0.485. The van der Waals surface area contributed by atoms with E-state index >= 15 is 0 Å². The van der Waals surface area contributed by atoms with E-state index in [2.05, 4.69) is 35.1 Å². The Morgan fingerprint density at radius 2 is 1.85 bits per heavy atom. The Kier molecular flexibility index (Phi) is 7.51. The van der Waals surface area contributed by atoms with Crippen molar-refractivity contribution >= 4 is 17.6 Å². The Morgan fingerprint density at radius 1 is 1.15 bits per heavy atom. The van der Waals surface area contributed by atoms with Crippen molar-refractivity contribution < 1.29 is 9.13 Å². The Hall–Kier alpha value is -3.34. The predicted molar refractivity (Wildman–Crippen MR) is 129 cm³/mol. The first-order valence-electron chi connectivity index (χ1n) is 11.6. The van der Waals surface area contributed by atoms with Crippen LogP contribution in [0.5, 0.6) is 0 Å². The number of hydrogen-bond acceptors (Lipinski definition) is 6. The van der Waals surface area contributed by atoms with Gasteiger partial charge in [-0.25, -0.2) is 29.3 Å². The van der Waals surface area contributed by atoms with Crippen molar-refractivity contribution in [1.29, 1.82) is 0 Å². The lowest BCUT2D eigenvalue weighted by molar-refractivity contribution is 0.0678. The van der Waals surface area contributed by atoms with E-state index < -0.39 is 11.9 Å². The summed E-state index contributed by atoms with van der Waals surface area (Å²) >= 11 is 0. The monoisotopic (exact) mass is 469 g/mol. The number of amidine groups is 1. The molecule has 1 saturated carbocycles. The minimum Gasteiger partial charge on any atom is -0.378 e. The van der Waals surface area contributed by atoms with Crippen LogP contribution in [-0.4, -0.2) is 62.5 Å². The third kappa shape index (κ3) is 6.37. The highest BCUT2D eigenvalue weighted by Crippen LogP contribution is 2.35. The molecular formula is C23H32FN9O. The number of anilines is 1. The summed E-state index contributed by atoms with van der Waals surface area (Å²) in [7, 11) is 0. The van der Waals surface area contributed by atoms with Crippen LogP contribution >= 0.6 is 0 Å². The second-order valence-corrected chi connectivity index (χ2v) is 8.71. The van der Waals surface area contributed by atoms with Crippen LogP contribution in [0.3, 0.4) is 0 Å². The van der Waals surface area contributed by atoms with Crippen LogP contribution < -0.4 is 10.6 Å². The molecule has 34 heavy (non-hydrogen) atoms. The summed E-state index contributed by atoms with van der Waals surface area (Å²) in [4.78, 5) is 24.3. The average molecular weight is 470 g/mol. The maximum atomic E-state index is 13.3. The number of rotatable bonds is 6. The van der Waals surface area contributed by atoms with Gasteiger partial charge in [0.25, 0.3) is 0 Å². The fourth-order valence-corrected chi connectivity index (χ4v) is 3.47. The average Bonchev–Trinajstić information content (AvgIpc) is 3.58. The quantitative estimate of drug-likeness (QED) is 0.494. The Morgan fingerprint density at radius 3 is 2.50 bits per heavy atom. The molecule has 1 aliphatic heterocycles. The van der Waals surface area contributed by atoms with Gasteiger partial charge in [0, 0.05) is 25.3 Å². The summed E-state index contributed by atoms with van der Waals surface area (Å²) in [5.41, 5.74) is 1.01. The number of aliphatic imine (C=N–C) groups is 2. The first-order chi connectivity index (χ1) is 16.4. The topological polar surface area (TPSA) is 105 Å². The summed E-state index contributed by atoms with van der Waals surface area (Å²) < 4.78 is 20.9. The van der Waals surface area contributed by atoms with Crippen LogP contribution in [0.25, 0.3) is 0 Å². The summed E-state index contributed by atoms with van der Waals surface area (Å²) in [6, 6.07) is 0.123. The van der Waals surface area contributed by atoms with Gasteiger partial charge in [-0.05, 0) is 46.1 Å². The van der Waals surface area contributed by atoms with Gasteiger partial charge in [-0.3, -0.25) is 0 Å². The molecule has 2 N–H and O–H groups in total. The van der Waals surface area contributed by atoms with Crippen LogP contribution in [0, 0.1) is 5.82 Å². The Labute approximate surface area is 199 Å². The number of nitrogens with zero attached hydrogens (tertiary/aromatic N) is 7. The number of ether oxygens (including phenoxy) is 1. The van der Waals surface area contributed by atoms with E-state index in [0.717, 1.165) is 48.5 Å². The van der Waals surface area contributed by atoms with Crippen molar-refractivity contribution in [3.8, 4) is 0 Å². The first-order valence-corrected chi connectivity index (χ1v) is 11.6. The van der Waals surface area contributed by atoms with Crippen LogP contribution in [0.2, 0.25) is 0 Å². The van der Waals surface area contributed by atoms with Crippen LogP contribution in [0.4, 0.5) is 10.2 Å². The van der Waals surface area contributed by atoms with Crippen molar-refractivity contribution in [2.45, 2.75) is 52.6 Å². The second-order valence-electron chi connectivity index (χ2n) is 8.71. The third-order valence-corrected chi connectivity index (χ3v) is 5.63. The largest absolute Gasteiger partial charge is 0.378 e. The number of morpholine rings is 1. The molecule has 2 fully saturated rings. The van der Waals surface area contributed by atoms with Crippen LogP contribution in [0.15, 0.2) is 46.3 Å². The number of nitrogens with one attached hydrogen (secondary N) is 2. The van der Waals surface area contributed by atoms with Gasteiger partial charge >= 0.3 is 0 Å². The fourth-order valence-electron chi connectivity index (χ4n) is 3.47. The van der Waals surface area contributed by atoms with E-state index in [-0.39, 0.29) is 0 Å². The first kappa shape index (κ1) is 23.8. The zero-order valence-corrected chi connectivity index (χ0v) is 20.1. The van der Waals surface area contributed by atoms with Gasteiger partial charge in [0.05, 0.1) is 31.9 Å². The van der Waals surface area contributed by atoms with E-state index in [4.69, 9.17) is 14.7 Å². The normalized spacial score (nSPS) is 18.0. The number of imidazole rings is 1. The standard InChI is InChI=1S/C23H32FN9O/c1-15(2)21(30-20-13-33(14-27-20)19-5-6-19)31-23(29-17(4)32-7-9-34-10-8-32)28-16(3)22-25-11-18(24)12-26-22/h11-14,16,19,30H,5-10H2,1-4H3,(H,28,31)/b29-17+. The van der Waals surface area contributed by atoms with Gasteiger partial charge in [0.2, 0.25) is 5.96 Å². The molecule has 2 aromatic rings. The predicted octanol–water partition coefficient (Wildman–Crippen LogP) is 3.27. The van der Waals surface area contributed by atoms with Gasteiger partial charge in [-0.15, -0.1) is 0 Å². The molecule has 0 bridgehead atoms. The van der Waals surface area contributed by atoms with Crippen molar-refractivity contribution in [2.75, 3.05) is 31.6 Å². The smallest absolute Gasteiger partial charge is 0.226 e. The zero-order valence-electron chi connectivity index (χ0n) is 20.1. The van der Waals surface area contributed by atoms with Crippen molar-refractivity contribution in [3.63, 3.8) is 0 Å². The van der Waals surface area contributed by atoms with E-state index in [1.165, 1.54) is 12.8 Å². The molecule has 4 rings (SSSR count). The molecule has 182 valence electrons. The third-order valence-electron chi connectivity index (χ3n) is 5.63. The lowest BCUT2D eigenvalue weighted by atomic mass is 10.3. The summed E-state index contributed by atoms with van der Waals surface area (Å²) in [6.07, 6.45) is 8.53. The maximum Gasteiger partial charge on any atom is 0.226 e. The molecule has 0 spiro atoms. The highest BCUT2D eigenvalue weighted by Gasteiger charge is 2.23. The molecule has 1 atom stereocenters. The molecule has 2 aromatic heterocycles. The van der Waals surface area contributed by atoms with E-state index in [1.807, 2.05) is 40.2 Å². The van der Waals surface area contributed by atoms with Crippen LogP contribution in [0.1, 0.15) is 58.4 Å². The summed E-state index contributed by atoms with van der Waals surface area (Å²) in [6.45, 7) is 10.7. The molecule has 2 aliphatic rings. The van der Waals surface area contributed by atoms with E-state index in [0.29, 0.717) is 31.0 Å². The SMILES string of the molecule is CC(C)=C(NC(=NC(C)c1ncc(F)cn1)/N=C(\C)N1CCOCC1)Nc1cn(C2CC2)cn1. The molecule has 1 aliphatic carbocycles. The molecule has 3 heterocycles. The van der Waals surface area contributed by atoms with Crippen molar-refractivity contribution in [2.24, 2.45) is 9.98 Å². The Balaban J connectivity index is 1.58. The van der Waals surface area contributed by atoms with Crippen LogP contribution in [-0.2, 0) is 4.74 Å². The minimum absolute atomic E-state index is 0.398. The van der Waals surface area contributed by atoms with Gasteiger partial charge in [-0.1, -0.05) is 0 Å². The van der Waals surface area contributed by atoms with Gasteiger partial charge < -0.3 is 24.8 Å². The van der Waals surface area contributed by atoms with Crippen molar-refractivity contribution in [3.05, 3.63) is 48.0 Å². The maximum absolute atomic E-state index is 13.3. The number of aromatic nitrogens is 4. The molecule has 11 heteroatoms. The molecule has 0 aromatic carbocycles. The van der Waals surface area contributed by atoms with E-state index in [9.17, 15) is 4.39 Å². The second kappa shape index (κ2) is 10.7. The highest BCUT2D eigenvalue weighted by molar-refractivity contribution is 5.95. The number of allylic oxidation sites excluding steroid dienone is 1. The number of guanidine groups is 1. The molecule has 0 amide bonds. The number of hydrogen-bond donors (Lipinski definition) is 2. The fraction of sp³-hybridized carbons (Fsp3) is 0.522. The van der Waals surface area contributed by atoms with Gasteiger partial charge in [0.15, 0.2) is 11.6 Å². The number of halogens is 1. The molecular weight excluding hydrogens is 437 g/mol. The molecule has 10 nitrogen and oxygen atoms in total. The molecule has 0 radical (unpaired) electrons. The summed E-state index contributed by atoms with van der Waals surface area (Å²) in [5, 5.41) is 6.69. The highest BCUT2D eigenvalue weighted by atomic mass is 19.1. The summed E-state index contributed by atoms with van der Waals surface area (Å²) in [5.74, 6) is 2.64. The lowest BCUT2D eigenvalue weighted by Gasteiger charge is -2.28. The van der Waals surface area contributed by atoms with Crippen molar-refractivity contribution in [1.82, 2.24) is 29.7 Å². The van der Waals surface area contributed by atoms with E-state index in [1.54, 1.807) is 0 Å². The van der Waals surface area contributed by atoms with Gasteiger partial charge in [0.1, 0.15) is 23.5 Å².